The number of carbonyl (C=O) groups is 2. The molecule has 1 spiro atoms. The molecule has 1 aliphatic heterocycles. The van der Waals surface area contributed by atoms with Crippen LogP contribution in [0.2, 0.25) is 0 Å². The third-order valence-electron chi connectivity index (χ3n) is 8.61. The minimum Gasteiger partial charge on any atom is -0.493 e. The number of hydrogen-bond donors (Lipinski definition) is 1. The molecular weight excluding hydrogens is 418 g/mol. The van der Waals surface area contributed by atoms with Crippen LogP contribution in [0, 0.1) is 23.2 Å². The average Bonchev–Trinajstić information content (AvgIpc) is 3.62. The van der Waals surface area contributed by atoms with Gasteiger partial charge in [-0.05, 0) is 62.0 Å². The van der Waals surface area contributed by atoms with Gasteiger partial charge >= 0.3 is 0 Å². The lowest BCUT2D eigenvalue weighted by Crippen LogP contribution is -2.66. The van der Waals surface area contributed by atoms with E-state index in [9.17, 15) is 9.59 Å². The summed E-state index contributed by atoms with van der Waals surface area (Å²) < 4.78 is 18.1. The van der Waals surface area contributed by atoms with Crippen molar-refractivity contribution in [3.63, 3.8) is 0 Å². The Labute approximate surface area is 196 Å². The third kappa shape index (κ3) is 3.49. The van der Waals surface area contributed by atoms with Gasteiger partial charge in [0.15, 0.2) is 11.5 Å². The molecule has 2 bridgehead atoms. The van der Waals surface area contributed by atoms with Crippen molar-refractivity contribution in [2.45, 2.75) is 69.5 Å². The summed E-state index contributed by atoms with van der Waals surface area (Å²) >= 11 is 0. The lowest BCUT2D eigenvalue weighted by molar-refractivity contribution is -0.167. The number of amides is 1. The van der Waals surface area contributed by atoms with Gasteiger partial charge in [0.2, 0.25) is 5.91 Å². The highest BCUT2D eigenvalue weighted by Gasteiger charge is 2.69. The van der Waals surface area contributed by atoms with Gasteiger partial charge in [-0.2, -0.15) is 0 Å². The van der Waals surface area contributed by atoms with Crippen LogP contribution in [0.25, 0.3) is 0 Å². The molecule has 1 aromatic rings. The Hall–Kier alpha value is -2.34. The number of hydrogen-bond acceptors (Lipinski definition) is 5. The molecular formula is C27H37NO5. The van der Waals surface area contributed by atoms with E-state index in [1.807, 2.05) is 6.07 Å². The van der Waals surface area contributed by atoms with Gasteiger partial charge < -0.3 is 24.7 Å². The SMILES string of the molecule is C=C.COc1ccc2c3c1O[C@H]1C(OC)[C@](C)(C=O)CC4C(CCCC341)C2.NC(=O)C1CC1. The molecule has 5 aliphatic rings. The second-order valence-electron chi connectivity index (χ2n) is 10.3. The van der Waals surface area contributed by atoms with Crippen LogP contribution in [0.4, 0.5) is 0 Å². The predicted molar refractivity (Wildman–Crippen MR) is 126 cm³/mol. The van der Waals surface area contributed by atoms with E-state index in [-0.39, 0.29) is 29.4 Å². The Morgan fingerprint density at radius 3 is 2.52 bits per heavy atom. The summed E-state index contributed by atoms with van der Waals surface area (Å²) in [7, 11) is 3.42. The van der Waals surface area contributed by atoms with Crippen LogP contribution < -0.4 is 15.2 Å². The summed E-state index contributed by atoms with van der Waals surface area (Å²) in [5.74, 6) is 2.97. The first kappa shape index (κ1) is 23.8. The molecule has 2 N–H and O–H groups in total. The molecule has 1 aromatic carbocycles. The molecule has 1 amide bonds. The normalized spacial score (nSPS) is 36.6. The van der Waals surface area contributed by atoms with Crippen molar-refractivity contribution >= 4 is 12.2 Å². The fraction of sp³-hybridized carbons (Fsp3) is 0.630. The maximum absolute atomic E-state index is 12.1. The van der Waals surface area contributed by atoms with Gasteiger partial charge in [0.25, 0.3) is 0 Å². The van der Waals surface area contributed by atoms with E-state index in [1.165, 1.54) is 24.0 Å². The van der Waals surface area contributed by atoms with Crippen molar-refractivity contribution in [1.82, 2.24) is 0 Å². The summed E-state index contributed by atoms with van der Waals surface area (Å²) in [4.78, 5) is 22.1. The summed E-state index contributed by atoms with van der Waals surface area (Å²) in [5, 5.41) is 0. The fourth-order valence-corrected chi connectivity index (χ4v) is 7.08. The molecule has 4 aliphatic carbocycles. The molecule has 6 atom stereocenters. The molecule has 0 radical (unpaired) electrons. The number of primary amides is 1. The van der Waals surface area contributed by atoms with E-state index in [2.05, 4.69) is 26.1 Å². The molecule has 6 heteroatoms. The fourth-order valence-electron chi connectivity index (χ4n) is 7.08. The smallest absolute Gasteiger partial charge is 0.220 e. The van der Waals surface area contributed by atoms with E-state index in [1.54, 1.807) is 14.2 Å². The van der Waals surface area contributed by atoms with Gasteiger partial charge in [-0.15, -0.1) is 13.2 Å². The standard InChI is InChI=1S/C21H26O4.C4H7NO.C2H4/c1-20(11-22)10-14-12-5-4-8-21(14)16-13(9-12)6-7-15(23-2)17(16)25-19(21)18(20)24-3;5-4(6)3-1-2-3;1-2/h6-7,11-12,14,18-19H,4-5,8-10H2,1-3H3;3H,1-2H2,(H2,5,6);1-2H2/t12?,14?,18?,19-,20-,21?;;/m0../s1. The Morgan fingerprint density at radius 2 is 1.97 bits per heavy atom. The first-order valence-electron chi connectivity index (χ1n) is 12.0. The number of ether oxygens (including phenoxy) is 3. The average molecular weight is 456 g/mol. The summed E-state index contributed by atoms with van der Waals surface area (Å²) in [6.07, 6.45) is 8.45. The number of aldehydes is 1. The van der Waals surface area contributed by atoms with Crippen LogP contribution in [0.3, 0.4) is 0 Å². The Kier molecular flexibility index (Phi) is 6.34. The van der Waals surface area contributed by atoms with E-state index in [4.69, 9.17) is 19.9 Å². The first-order valence-corrected chi connectivity index (χ1v) is 12.0. The minimum absolute atomic E-state index is 0.0103. The van der Waals surface area contributed by atoms with Crippen LogP contribution >= 0.6 is 0 Å². The second kappa shape index (κ2) is 8.79. The van der Waals surface area contributed by atoms with Gasteiger partial charge in [0.05, 0.1) is 12.5 Å². The van der Waals surface area contributed by atoms with Crippen molar-refractivity contribution in [2.24, 2.45) is 28.9 Å². The van der Waals surface area contributed by atoms with Crippen LogP contribution in [-0.4, -0.2) is 38.6 Å². The third-order valence-corrected chi connectivity index (χ3v) is 8.61. The van der Waals surface area contributed by atoms with Gasteiger partial charge in [0, 0.05) is 24.0 Å². The number of methoxy groups -OCH3 is 2. The lowest BCUT2D eigenvalue weighted by atomic mass is 9.44. The van der Waals surface area contributed by atoms with Gasteiger partial charge in [-0.25, -0.2) is 0 Å². The number of benzene rings is 1. The van der Waals surface area contributed by atoms with Crippen molar-refractivity contribution < 1.29 is 23.8 Å². The van der Waals surface area contributed by atoms with E-state index in [0.717, 1.165) is 49.9 Å². The van der Waals surface area contributed by atoms with Crippen LogP contribution in [0.1, 0.15) is 56.6 Å². The number of carbonyl (C=O) groups excluding carboxylic acids is 2. The zero-order chi connectivity index (χ0) is 24.0. The highest BCUT2D eigenvalue weighted by Crippen LogP contribution is 2.68. The van der Waals surface area contributed by atoms with Crippen molar-refractivity contribution in [3.05, 3.63) is 36.4 Å². The van der Waals surface area contributed by atoms with E-state index >= 15 is 0 Å². The highest BCUT2D eigenvalue weighted by atomic mass is 16.6. The molecule has 3 fully saturated rings. The van der Waals surface area contributed by atoms with Crippen molar-refractivity contribution in [1.29, 1.82) is 0 Å². The molecule has 6 nitrogen and oxygen atoms in total. The van der Waals surface area contributed by atoms with Gasteiger partial charge in [-0.3, -0.25) is 4.79 Å². The van der Waals surface area contributed by atoms with Crippen LogP contribution in [-0.2, 0) is 26.2 Å². The van der Waals surface area contributed by atoms with Gasteiger partial charge in [-0.1, -0.05) is 19.4 Å². The monoisotopic (exact) mass is 455 g/mol. The molecule has 6 rings (SSSR count). The number of rotatable bonds is 4. The first-order chi connectivity index (χ1) is 15.9. The quantitative estimate of drug-likeness (QED) is 0.548. The predicted octanol–water partition coefficient (Wildman–Crippen LogP) is 3.97. The molecule has 3 saturated carbocycles. The summed E-state index contributed by atoms with van der Waals surface area (Å²) in [6.45, 7) is 8.05. The van der Waals surface area contributed by atoms with Crippen LogP contribution in [0.15, 0.2) is 25.3 Å². The van der Waals surface area contributed by atoms with Crippen molar-refractivity contribution in [3.8, 4) is 11.5 Å². The largest absolute Gasteiger partial charge is 0.493 e. The molecule has 4 unspecified atom stereocenters. The van der Waals surface area contributed by atoms with E-state index in [0.29, 0.717) is 11.8 Å². The molecule has 33 heavy (non-hydrogen) atoms. The Morgan fingerprint density at radius 1 is 1.24 bits per heavy atom. The Bertz CT molecular complexity index is 927. The lowest BCUT2D eigenvalue weighted by Gasteiger charge is -2.59. The van der Waals surface area contributed by atoms with E-state index < -0.39 is 5.41 Å². The highest BCUT2D eigenvalue weighted by molar-refractivity contribution is 5.78. The molecule has 0 saturated heterocycles. The maximum atomic E-state index is 12.1. The second-order valence-corrected chi connectivity index (χ2v) is 10.3. The number of nitrogens with two attached hydrogens (primary N) is 1. The molecule has 180 valence electrons. The maximum Gasteiger partial charge on any atom is 0.220 e. The zero-order valence-corrected chi connectivity index (χ0v) is 20.1. The van der Waals surface area contributed by atoms with Crippen molar-refractivity contribution in [2.75, 3.05) is 14.2 Å². The van der Waals surface area contributed by atoms with Crippen LogP contribution in [0.5, 0.6) is 11.5 Å². The van der Waals surface area contributed by atoms with Gasteiger partial charge in [0.1, 0.15) is 18.5 Å². The Balaban J connectivity index is 0.000000279. The molecule has 0 aromatic heterocycles. The zero-order valence-electron chi connectivity index (χ0n) is 20.1. The summed E-state index contributed by atoms with van der Waals surface area (Å²) in [5.41, 5.74) is 7.15. The topological polar surface area (TPSA) is 87.8 Å². The minimum atomic E-state index is -0.490. The molecule has 1 heterocycles. The summed E-state index contributed by atoms with van der Waals surface area (Å²) in [6, 6.07) is 4.27.